The lowest BCUT2D eigenvalue weighted by atomic mass is 10.0. The predicted octanol–water partition coefficient (Wildman–Crippen LogP) is 2.58. The first-order valence-electron chi connectivity index (χ1n) is 8.71. The van der Waals surface area contributed by atoms with Crippen molar-refractivity contribution in [2.45, 2.75) is 43.0 Å². The SMILES string of the molecule is CC1CN(C2CCN(S(=O)(=O)c3cccc(C(F)(F)F)c3)CC2)CCO1. The van der Waals surface area contributed by atoms with Gasteiger partial charge in [0.2, 0.25) is 10.0 Å². The highest BCUT2D eigenvalue weighted by molar-refractivity contribution is 7.89. The van der Waals surface area contributed by atoms with Crippen LogP contribution in [-0.4, -0.2) is 62.6 Å². The minimum atomic E-state index is -4.56. The van der Waals surface area contributed by atoms with Crippen LogP contribution in [0.5, 0.6) is 0 Å². The van der Waals surface area contributed by atoms with Gasteiger partial charge in [-0.15, -0.1) is 0 Å². The second kappa shape index (κ2) is 7.46. The number of halogens is 3. The Hall–Kier alpha value is -1.16. The van der Waals surface area contributed by atoms with Gasteiger partial charge in [-0.3, -0.25) is 4.90 Å². The zero-order valence-electron chi connectivity index (χ0n) is 14.6. The number of morpholine rings is 1. The molecule has 26 heavy (non-hydrogen) atoms. The fraction of sp³-hybridized carbons (Fsp3) is 0.647. The van der Waals surface area contributed by atoms with E-state index in [2.05, 4.69) is 4.90 Å². The summed E-state index contributed by atoms with van der Waals surface area (Å²) in [7, 11) is -3.92. The summed E-state index contributed by atoms with van der Waals surface area (Å²) in [5.41, 5.74) is -0.948. The molecule has 2 saturated heterocycles. The maximum Gasteiger partial charge on any atom is 0.416 e. The van der Waals surface area contributed by atoms with E-state index in [-0.39, 0.29) is 17.0 Å². The molecule has 5 nitrogen and oxygen atoms in total. The Balaban J connectivity index is 1.68. The average molecular weight is 392 g/mol. The van der Waals surface area contributed by atoms with Gasteiger partial charge in [-0.1, -0.05) is 6.07 Å². The fourth-order valence-corrected chi connectivity index (χ4v) is 5.12. The molecule has 3 rings (SSSR count). The quantitative estimate of drug-likeness (QED) is 0.794. The Kier molecular flexibility index (Phi) is 5.62. The van der Waals surface area contributed by atoms with Crippen LogP contribution in [0.1, 0.15) is 25.3 Å². The average Bonchev–Trinajstić information content (AvgIpc) is 2.61. The number of sulfonamides is 1. The van der Waals surface area contributed by atoms with E-state index in [9.17, 15) is 21.6 Å². The smallest absolute Gasteiger partial charge is 0.376 e. The van der Waals surface area contributed by atoms with Gasteiger partial charge in [-0.05, 0) is 38.0 Å². The van der Waals surface area contributed by atoms with Gasteiger partial charge in [0.1, 0.15) is 0 Å². The van der Waals surface area contributed by atoms with Crippen LogP contribution in [0.2, 0.25) is 0 Å². The van der Waals surface area contributed by atoms with E-state index in [1.807, 2.05) is 6.92 Å². The summed E-state index contributed by atoms with van der Waals surface area (Å²) < 4.78 is 70.9. The molecular formula is C17H23F3N2O3S. The van der Waals surface area contributed by atoms with E-state index >= 15 is 0 Å². The van der Waals surface area contributed by atoms with Crippen LogP contribution < -0.4 is 0 Å². The Morgan fingerprint density at radius 3 is 2.46 bits per heavy atom. The molecule has 146 valence electrons. The van der Waals surface area contributed by atoms with Gasteiger partial charge < -0.3 is 4.74 Å². The molecule has 0 radical (unpaired) electrons. The highest BCUT2D eigenvalue weighted by Crippen LogP contribution is 2.32. The number of piperidine rings is 1. The third kappa shape index (κ3) is 4.21. The summed E-state index contributed by atoms with van der Waals surface area (Å²) in [6.07, 6.45) is -3.06. The monoisotopic (exact) mass is 392 g/mol. The molecule has 0 saturated carbocycles. The molecule has 2 aliphatic heterocycles. The number of hydrogen-bond acceptors (Lipinski definition) is 4. The van der Waals surface area contributed by atoms with Gasteiger partial charge >= 0.3 is 6.18 Å². The zero-order chi connectivity index (χ0) is 18.9. The lowest BCUT2D eigenvalue weighted by Gasteiger charge is -2.41. The van der Waals surface area contributed by atoms with E-state index in [1.165, 1.54) is 10.4 Å². The summed E-state index contributed by atoms with van der Waals surface area (Å²) in [6.45, 7) is 4.97. The number of alkyl halides is 3. The van der Waals surface area contributed by atoms with Crippen molar-refractivity contribution in [1.29, 1.82) is 0 Å². The summed E-state index contributed by atoms with van der Waals surface area (Å²) in [5, 5.41) is 0. The largest absolute Gasteiger partial charge is 0.416 e. The molecule has 0 amide bonds. The van der Waals surface area contributed by atoms with Crippen LogP contribution in [0.4, 0.5) is 13.2 Å². The number of rotatable bonds is 3. The van der Waals surface area contributed by atoms with Crippen molar-refractivity contribution >= 4 is 10.0 Å². The molecule has 0 spiro atoms. The van der Waals surface area contributed by atoms with Gasteiger partial charge in [0.25, 0.3) is 0 Å². The molecule has 1 aromatic rings. The first-order chi connectivity index (χ1) is 12.2. The van der Waals surface area contributed by atoms with Crippen molar-refractivity contribution in [1.82, 2.24) is 9.21 Å². The normalized spacial score (nSPS) is 24.7. The van der Waals surface area contributed by atoms with E-state index in [0.29, 0.717) is 38.6 Å². The molecule has 0 aliphatic carbocycles. The van der Waals surface area contributed by atoms with E-state index in [4.69, 9.17) is 4.74 Å². The van der Waals surface area contributed by atoms with Crippen LogP contribution in [-0.2, 0) is 20.9 Å². The lowest BCUT2D eigenvalue weighted by molar-refractivity contribution is -0.137. The Morgan fingerprint density at radius 2 is 1.85 bits per heavy atom. The van der Waals surface area contributed by atoms with Gasteiger partial charge in [0.15, 0.2) is 0 Å². The number of hydrogen-bond donors (Lipinski definition) is 0. The van der Waals surface area contributed by atoms with Gasteiger partial charge in [-0.2, -0.15) is 17.5 Å². The highest BCUT2D eigenvalue weighted by Gasteiger charge is 2.35. The van der Waals surface area contributed by atoms with Crippen LogP contribution in [0.15, 0.2) is 29.2 Å². The lowest BCUT2D eigenvalue weighted by Crippen LogP contribution is -2.51. The molecule has 2 fully saturated rings. The Labute approximate surface area is 151 Å². The second-order valence-electron chi connectivity index (χ2n) is 6.84. The molecule has 0 aromatic heterocycles. The summed E-state index contributed by atoms with van der Waals surface area (Å²) >= 11 is 0. The molecule has 2 aliphatic rings. The van der Waals surface area contributed by atoms with E-state index < -0.39 is 21.8 Å². The minimum absolute atomic E-state index is 0.163. The fourth-order valence-electron chi connectivity index (χ4n) is 3.61. The van der Waals surface area contributed by atoms with Crippen molar-refractivity contribution in [2.24, 2.45) is 0 Å². The maximum absolute atomic E-state index is 12.9. The first kappa shape index (κ1) is 19.6. The standard InChI is InChI=1S/C17H23F3N2O3S/c1-13-12-21(9-10-25-13)15-5-7-22(8-6-15)26(23,24)16-4-2-3-14(11-16)17(18,19)20/h2-4,11,13,15H,5-10,12H2,1H3. The van der Waals surface area contributed by atoms with Crippen LogP contribution >= 0.6 is 0 Å². The molecule has 9 heteroatoms. The van der Waals surface area contributed by atoms with Crippen molar-refractivity contribution < 1.29 is 26.3 Å². The second-order valence-corrected chi connectivity index (χ2v) is 8.78. The van der Waals surface area contributed by atoms with Crippen molar-refractivity contribution in [3.63, 3.8) is 0 Å². The predicted molar refractivity (Wildman–Crippen MR) is 90.2 cm³/mol. The molecular weight excluding hydrogens is 369 g/mol. The third-order valence-corrected chi connectivity index (χ3v) is 6.91. The van der Waals surface area contributed by atoms with Gasteiger partial charge in [-0.25, -0.2) is 8.42 Å². The molecule has 0 bridgehead atoms. The molecule has 1 aromatic carbocycles. The number of nitrogens with zero attached hydrogens (tertiary/aromatic N) is 2. The van der Waals surface area contributed by atoms with Gasteiger partial charge in [0, 0.05) is 32.2 Å². The number of benzene rings is 1. The third-order valence-electron chi connectivity index (χ3n) is 5.01. The zero-order valence-corrected chi connectivity index (χ0v) is 15.4. The van der Waals surface area contributed by atoms with Crippen molar-refractivity contribution in [3.8, 4) is 0 Å². The molecule has 2 heterocycles. The summed E-state index contributed by atoms with van der Waals surface area (Å²) in [6, 6.07) is 4.24. The maximum atomic E-state index is 12.9. The summed E-state index contributed by atoms with van der Waals surface area (Å²) in [4.78, 5) is 2.02. The van der Waals surface area contributed by atoms with Crippen molar-refractivity contribution in [2.75, 3.05) is 32.8 Å². The highest BCUT2D eigenvalue weighted by atomic mass is 32.2. The Bertz CT molecular complexity index is 731. The molecule has 0 N–H and O–H groups in total. The minimum Gasteiger partial charge on any atom is -0.376 e. The van der Waals surface area contributed by atoms with Crippen LogP contribution in [0, 0.1) is 0 Å². The molecule has 1 atom stereocenters. The first-order valence-corrected chi connectivity index (χ1v) is 10.1. The van der Waals surface area contributed by atoms with E-state index in [0.717, 1.165) is 25.2 Å². The number of ether oxygens (including phenoxy) is 1. The summed E-state index contributed by atoms with van der Waals surface area (Å²) in [5.74, 6) is 0. The van der Waals surface area contributed by atoms with Crippen LogP contribution in [0.25, 0.3) is 0 Å². The van der Waals surface area contributed by atoms with E-state index in [1.54, 1.807) is 0 Å². The van der Waals surface area contributed by atoms with Crippen molar-refractivity contribution in [3.05, 3.63) is 29.8 Å². The Morgan fingerprint density at radius 1 is 1.15 bits per heavy atom. The van der Waals surface area contributed by atoms with Crippen LogP contribution in [0.3, 0.4) is 0 Å². The topological polar surface area (TPSA) is 49.9 Å². The molecule has 1 unspecified atom stereocenters. The van der Waals surface area contributed by atoms with Gasteiger partial charge in [0.05, 0.1) is 23.2 Å².